The number of rotatable bonds is 9. The normalized spacial score (nSPS) is 16.7. The van der Waals surface area contributed by atoms with E-state index in [0.29, 0.717) is 12.7 Å². The minimum absolute atomic E-state index is 0.0634. The van der Waals surface area contributed by atoms with Gasteiger partial charge >= 0.3 is 0 Å². The van der Waals surface area contributed by atoms with Gasteiger partial charge in [-0.05, 0) is 35.8 Å². The summed E-state index contributed by atoms with van der Waals surface area (Å²) in [6, 6.07) is 21.1. The molecule has 0 amide bonds. The molecule has 3 rings (SSSR count). The van der Waals surface area contributed by atoms with Crippen LogP contribution in [0.2, 0.25) is 0 Å². The molecule has 2 heteroatoms. The van der Waals surface area contributed by atoms with E-state index in [1.165, 1.54) is 36.8 Å². The molecule has 0 bridgehead atoms. The van der Waals surface area contributed by atoms with Gasteiger partial charge in [0, 0.05) is 0 Å². The van der Waals surface area contributed by atoms with E-state index in [1.807, 2.05) is 6.07 Å². The van der Waals surface area contributed by atoms with Crippen LogP contribution in [0.15, 0.2) is 60.7 Å². The lowest BCUT2D eigenvalue weighted by Crippen LogP contribution is -2.25. The van der Waals surface area contributed by atoms with Crippen molar-refractivity contribution in [2.75, 3.05) is 6.61 Å². The molecule has 1 atom stereocenters. The van der Waals surface area contributed by atoms with Crippen LogP contribution in [0.25, 0.3) is 0 Å². The molecule has 2 aromatic rings. The zero-order valence-electron chi connectivity index (χ0n) is 16.2. The smallest absolute Gasteiger partial charge is 0.0834 e. The van der Waals surface area contributed by atoms with Crippen LogP contribution in [0.4, 0.5) is 0 Å². The third kappa shape index (κ3) is 5.96. The first-order valence-corrected chi connectivity index (χ1v) is 9.94. The summed E-state index contributed by atoms with van der Waals surface area (Å²) >= 11 is 0. The van der Waals surface area contributed by atoms with Crippen molar-refractivity contribution in [1.82, 2.24) is 0 Å². The van der Waals surface area contributed by atoms with Gasteiger partial charge in [-0.3, -0.25) is 0 Å². The minimum Gasteiger partial charge on any atom is -0.376 e. The fraction of sp³-hybridized carbons (Fsp3) is 0.500. The van der Waals surface area contributed by atoms with Gasteiger partial charge in [-0.1, -0.05) is 87.4 Å². The van der Waals surface area contributed by atoms with Crippen LogP contribution in [0.5, 0.6) is 0 Å². The van der Waals surface area contributed by atoms with E-state index < -0.39 is 0 Å². The second-order valence-electron chi connectivity index (χ2n) is 8.29. The first kappa shape index (κ1) is 19.1. The molecule has 0 aromatic heterocycles. The maximum Gasteiger partial charge on any atom is 0.0834 e. The number of ether oxygens (including phenoxy) is 2. The zero-order chi connectivity index (χ0) is 18.2. The van der Waals surface area contributed by atoms with Crippen LogP contribution in [-0.4, -0.2) is 12.7 Å². The van der Waals surface area contributed by atoms with Crippen LogP contribution in [0, 0.1) is 5.41 Å². The van der Waals surface area contributed by atoms with Crippen molar-refractivity contribution in [2.24, 2.45) is 5.41 Å². The Hall–Kier alpha value is -1.64. The lowest BCUT2D eigenvalue weighted by molar-refractivity contribution is -0.0479. The van der Waals surface area contributed by atoms with Crippen LogP contribution < -0.4 is 0 Å². The van der Waals surface area contributed by atoms with Crippen molar-refractivity contribution < 1.29 is 9.47 Å². The lowest BCUT2D eigenvalue weighted by Gasteiger charge is -2.31. The first-order chi connectivity index (χ1) is 12.6. The topological polar surface area (TPSA) is 18.5 Å². The highest BCUT2D eigenvalue weighted by Crippen LogP contribution is 2.36. The molecule has 0 radical (unpaired) electrons. The van der Waals surface area contributed by atoms with E-state index in [4.69, 9.17) is 9.47 Å². The van der Waals surface area contributed by atoms with Crippen LogP contribution >= 0.6 is 0 Å². The van der Waals surface area contributed by atoms with E-state index in [2.05, 4.69) is 68.4 Å². The van der Waals surface area contributed by atoms with E-state index in [1.54, 1.807) is 0 Å². The van der Waals surface area contributed by atoms with Crippen LogP contribution in [0.1, 0.15) is 63.2 Å². The quantitative estimate of drug-likeness (QED) is 0.526. The van der Waals surface area contributed by atoms with Crippen molar-refractivity contribution in [1.29, 1.82) is 0 Å². The molecular weight excluding hydrogens is 320 g/mol. The average molecular weight is 353 g/mol. The number of hydrogen-bond acceptors (Lipinski definition) is 2. The Morgan fingerprint density at radius 2 is 1.54 bits per heavy atom. The summed E-state index contributed by atoms with van der Waals surface area (Å²) in [4.78, 5) is 0. The van der Waals surface area contributed by atoms with E-state index in [0.717, 1.165) is 13.0 Å². The minimum atomic E-state index is 0.0634. The highest BCUT2D eigenvalue weighted by molar-refractivity contribution is 5.18. The van der Waals surface area contributed by atoms with Crippen molar-refractivity contribution in [3.63, 3.8) is 0 Å². The van der Waals surface area contributed by atoms with Gasteiger partial charge in [0.25, 0.3) is 0 Å². The van der Waals surface area contributed by atoms with E-state index in [9.17, 15) is 0 Å². The molecule has 2 nitrogen and oxygen atoms in total. The van der Waals surface area contributed by atoms with Gasteiger partial charge in [0.05, 0.1) is 25.4 Å². The van der Waals surface area contributed by atoms with Crippen molar-refractivity contribution >= 4 is 0 Å². The maximum absolute atomic E-state index is 6.54. The SMILES string of the molecule is CC(C)(COCc1ccccc1)C[C@H](OC1CCCC1)c1ccccc1. The van der Waals surface area contributed by atoms with Gasteiger partial charge in [0.1, 0.15) is 0 Å². The highest BCUT2D eigenvalue weighted by Gasteiger charge is 2.28. The summed E-state index contributed by atoms with van der Waals surface area (Å²) < 4.78 is 12.6. The zero-order valence-corrected chi connectivity index (χ0v) is 16.2. The maximum atomic E-state index is 6.54. The van der Waals surface area contributed by atoms with Gasteiger partial charge < -0.3 is 9.47 Å². The Labute approximate surface area is 158 Å². The molecule has 1 aliphatic rings. The molecule has 0 aliphatic heterocycles. The van der Waals surface area contributed by atoms with E-state index >= 15 is 0 Å². The Bertz CT molecular complexity index is 630. The summed E-state index contributed by atoms with van der Waals surface area (Å²) in [5, 5.41) is 0. The molecule has 0 spiro atoms. The molecule has 1 fully saturated rings. The highest BCUT2D eigenvalue weighted by atomic mass is 16.5. The lowest BCUT2D eigenvalue weighted by atomic mass is 9.85. The second-order valence-corrected chi connectivity index (χ2v) is 8.29. The monoisotopic (exact) mass is 352 g/mol. The molecule has 0 unspecified atom stereocenters. The Morgan fingerprint density at radius 1 is 0.923 bits per heavy atom. The Morgan fingerprint density at radius 3 is 2.19 bits per heavy atom. The molecule has 0 N–H and O–H groups in total. The average Bonchev–Trinajstić information content (AvgIpc) is 3.16. The Balaban J connectivity index is 1.58. The second kappa shape index (κ2) is 9.34. The fourth-order valence-corrected chi connectivity index (χ4v) is 3.75. The molecular formula is C24H32O2. The standard InChI is InChI=1S/C24H32O2/c1-24(2,19-25-18-20-11-5-3-6-12-20)17-23(21-13-7-4-8-14-21)26-22-15-9-10-16-22/h3-8,11-14,22-23H,9-10,15-19H2,1-2H3/t23-/m0/s1. The van der Waals surface area contributed by atoms with Crippen molar-refractivity contribution in [3.05, 3.63) is 71.8 Å². The molecule has 140 valence electrons. The summed E-state index contributed by atoms with van der Waals surface area (Å²) in [7, 11) is 0. The summed E-state index contributed by atoms with van der Waals surface area (Å²) in [5.41, 5.74) is 2.58. The van der Waals surface area contributed by atoms with Gasteiger partial charge in [-0.2, -0.15) is 0 Å². The summed E-state index contributed by atoms with van der Waals surface area (Å²) in [6.45, 7) is 5.97. The predicted octanol–water partition coefficient (Wildman–Crippen LogP) is 6.32. The third-order valence-electron chi connectivity index (χ3n) is 5.17. The first-order valence-electron chi connectivity index (χ1n) is 9.94. The van der Waals surface area contributed by atoms with Crippen LogP contribution in [-0.2, 0) is 16.1 Å². The largest absolute Gasteiger partial charge is 0.376 e. The molecule has 2 aromatic carbocycles. The molecule has 1 aliphatic carbocycles. The third-order valence-corrected chi connectivity index (χ3v) is 5.17. The summed E-state index contributed by atoms with van der Waals surface area (Å²) in [5.74, 6) is 0. The van der Waals surface area contributed by atoms with Crippen molar-refractivity contribution in [3.8, 4) is 0 Å². The molecule has 1 saturated carbocycles. The van der Waals surface area contributed by atoms with Crippen LogP contribution in [0.3, 0.4) is 0 Å². The summed E-state index contributed by atoms with van der Waals surface area (Å²) in [6.07, 6.45) is 6.55. The fourth-order valence-electron chi connectivity index (χ4n) is 3.75. The van der Waals surface area contributed by atoms with Crippen molar-refractivity contribution in [2.45, 2.75) is 64.8 Å². The molecule has 26 heavy (non-hydrogen) atoms. The van der Waals surface area contributed by atoms with Gasteiger partial charge in [-0.25, -0.2) is 0 Å². The molecule has 0 heterocycles. The number of hydrogen-bond donors (Lipinski definition) is 0. The number of benzene rings is 2. The van der Waals surface area contributed by atoms with E-state index in [-0.39, 0.29) is 11.5 Å². The Kier molecular flexibility index (Phi) is 6.87. The van der Waals surface area contributed by atoms with Gasteiger partial charge in [-0.15, -0.1) is 0 Å². The predicted molar refractivity (Wildman–Crippen MR) is 107 cm³/mol. The van der Waals surface area contributed by atoms with Gasteiger partial charge in [0.15, 0.2) is 0 Å². The molecule has 0 saturated heterocycles. The van der Waals surface area contributed by atoms with Gasteiger partial charge in [0.2, 0.25) is 0 Å².